The molecule has 1 aliphatic rings. The van der Waals surface area contributed by atoms with Crippen LogP contribution in [0.15, 0.2) is 24.3 Å². The largest absolute Gasteiger partial charge is 0.298 e. The minimum Gasteiger partial charge on any atom is -0.298 e. The van der Waals surface area contributed by atoms with Gasteiger partial charge in [-0.15, -0.1) is 6.58 Å². The first-order valence-corrected chi connectivity index (χ1v) is 5.95. The van der Waals surface area contributed by atoms with Gasteiger partial charge in [0.15, 0.2) is 0 Å². The molecule has 1 aliphatic heterocycles. The van der Waals surface area contributed by atoms with Crippen LogP contribution in [0.25, 0.3) is 0 Å². The van der Waals surface area contributed by atoms with E-state index in [-0.39, 0.29) is 0 Å². The Morgan fingerprint density at radius 1 is 1.69 bits per heavy atom. The fraction of sp³-hybridized carbons (Fsp3) is 0.692. The topological polar surface area (TPSA) is 15.7 Å². The molecule has 92 valence electrons. The van der Waals surface area contributed by atoms with Gasteiger partial charge in [0.2, 0.25) is 0 Å². The van der Waals surface area contributed by atoms with Gasteiger partial charge in [-0.05, 0) is 20.4 Å². The van der Waals surface area contributed by atoms with Crippen molar-refractivity contribution < 1.29 is 4.84 Å². The number of nitrogens with zero attached hydrogens (tertiary/aromatic N) is 2. The molecule has 0 fully saturated rings. The summed E-state index contributed by atoms with van der Waals surface area (Å²) in [7, 11) is 4.16. The van der Waals surface area contributed by atoms with Gasteiger partial charge in [-0.25, -0.2) is 0 Å². The third-order valence-corrected chi connectivity index (χ3v) is 3.26. The molecule has 1 heterocycles. The molecule has 1 rings (SSSR count). The normalized spacial score (nSPS) is 26.9. The van der Waals surface area contributed by atoms with Crippen molar-refractivity contribution in [2.75, 3.05) is 27.2 Å². The highest BCUT2D eigenvalue weighted by Crippen LogP contribution is 2.20. The molecule has 0 saturated heterocycles. The zero-order valence-corrected chi connectivity index (χ0v) is 10.9. The van der Waals surface area contributed by atoms with Gasteiger partial charge in [0.25, 0.3) is 0 Å². The van der Waals surface area contributed by atoms with Crippen molar-refractivity contribution in [1.29, 1.82) is 0 Å². The summed E-state index contributed by atoms with van der Waals surface area (Å²) in [5, 5.41) is 1.94. The van der Waals surface area contributed by atoms with Crippen LogP contribution in [0.1, 0.15) is 20.3 Å². The average molecular weight is 224 g/mol. The molecule has 0 aromatic heterocycles. The first kappa shape index (κ1) is 13.4. The Balaban J connectivity index is 2.64. The highest BCUT2D eigenvalue weighted by atomic mass is 16.7. The number of hydroxylamine groups is 2. The van der Waals surface area contributed by atoms with E-state index in [4.69, 9.17) is 4.84 Å². The van der Waals surface area contributed by atoms with Crippen molar-refractivity contribution in [2.45, 2.75) is 32.4 Å². The summed E-state index contributed by atoms with van der Waals surface area (Å²) in [6.07, 6.45) is 5.29. The minimum absolute atomic E-state index is 0.354. The fourth-order valence-corrected chi connectivity index (χ4v) is 2.19. The van der Waals surface area contributed by atoms with Crippen LogP contribution in [-0.4, -0.2) is 49.3 Å². The lowest BCUT2D eigenvalue weighted by molar-refractivity contribution is -0.154. The predicted octanol–water partition coefficient (Wildman–Crippen LogP) is 2.07. The molecule has 0 saturated carbocycles. The first-order valence-electron chi connectivity index (χ1n) is 5.95. The summed E-state index contributed by atoms with van der Waals surface area (Å²) in [4.78, 5) is 7.95. The Bertz CT molecular complexity index is 263. The van der Waals surface area contributed by atoms with Crippen molar-refractivity contribution in [3.05, 3.63) is 24.3 Å². The number of hydrogen-bond donors (Lipinski definition) is 0. The van der Waals surface area contributed by atoms with Gasteiger partial charge in [0, 0.05) is 19.6 Å². The first-order chi connectivity index (χ1) is 7.60. The molecular weight excluding hydrogens is 200 g/mol. The van der Waals surface area contributed by atoms with Gasteiger partial charge >= 0.3 is 0 Å². The van der Waals surface area contributed by atoms with Crippen LogP contribution in [0, 0.1) is 0 Å². The fourth-order valence-electron chi connectivity index (χ4n) is 2.19. The average Bonchev–Trinajstić information content (AvgIpc) is 2.28. The lowest BCUT2D eigenvalue weighted by Gasteiger charge is -2.38. The monoisotopic (exact) mass is 224 g/mol. The van der Waals surface area contributed by atoms with Crippen molar-refractivity contribution in [3.63, 3.8) is 0 Å². The maximum Gasteiger partial charge on any atom is 0.0864 e. The molecule has 2 atom stereocenters. The maximum atomic E-state index is 5.57. The summed E-state index contributed by atoms with van der Waals surface area (Å²) < 4.78 is 0. The van der Waals surface area contributed by atoms with Crippen LogP contribution in [0.2, 0.25) is 0 Å². The molecule has 16 heavy (non-hydrogen) atoms. The molecule has 0 aromatic rings. The second-order valence-electron chi connectivity index (χ2n) is 4.47. The standard InChI is InChI=1S/C13H24N2O/c1-6-8-16-15(5)13-10-14(4)12(7-2)9-11(13)3/h6,9,12-13H,1,7-8,10H2,2-5H3/t12-,13+/m1/s1. The summed E-state index contributed by atoms with van der Waals surface area (Å²) in [5.41, 5.74) is 1.40. The third-order valence-electron chi connectivity index (χ3n) is 3.26. The lowest BCUT2D eigenvalue weighted by atomic mass is 9.98. The SMILES string of the molecule is C=CCON(C)[C@H]1CN(C)[C@H](CC)C=C1C. The zero-order chi connectivity index (χ0) is 12.1. The highest BCUT2D eigenvalue weighted by Gasteiger charge is 2.26. The Morgan fingerprint density at radius 3 is 2.94 bits per heavy atom. The predicted molar refractivity (Wildman–Crippen MR) is 68.2 cm³/mol. The van der Waals surface area contributed by atoms with Crippen LogP contribution >= 0.6 is 0 Å². The van der Waals surface area contributed by atoms with Crippen molar-refractivity contribution in [3.8, 4) is 0 Å². The maximum absolute atomic E-state index is 5.57. The molecule has 0 amide bonds. The lowest BCUT2D eigenvalue weighted by Crippen LogP contribution is -2.48. The van der Waals surface area contributed by atoms with E-state index in [1.807, 2.05) is 12.1 Å². The number of hydrogen-bond acceptors (Lipinski definition) is 3. The third kappa shape index (κ3) is 3.17. The van der Waals surface area contributed by atoms with E-state index in [0.29, 0.717) is 18.7 Å². The van der Waals surface area contributed by atoms with Crippen LogP contribution in [-0.2, 0) is 4.84 Å². The van der Waals surface area contributed by atoms with Crippen molar-refractivity contribution in [1.82, 2.24) is 9.96 Å². The van der Waals surface area contributed by atoms with E-state index in [1.165, 1.54) is 5.57 Å². The van der Waals surface area contributed by atoms with Gasteiger partial charge in [0.1, 0.15) is 0 Å². The molecule has 0 aliphatic carbocycles. The Kier molecular flexibility index (Phi) is 5.19. The second-order valence-corrected chi connectivity index (χ2v) is 4.47. The highest BCUT2D eigenvalue weighted by molar-refractivity contribution is 5.16. The Labute approximate surface area is 99.3 Å². The van der Waals surface area contributed by atoms with Gasteiger partial charge < -0.3 is 0 Å². The van der Waals surface area contributed by atoms with E-state index in [9.17, 15) is 0 Å². The Morgan fingerprint density at radius 2 is 2.38 bits per heavy atom. The smallest absolute Gasteiger partial charge is 0.0864 e. The van der Waals surface area contributed by atoms with Crippen LogP contribution < -0.4 is 0 Å². The number of likely N-dealkylation sites (N-methyl/N-ethyl adjacent to an activating group) is 2. The molecule has 0 spiro atoms. The molecule has 3 nitrogen and oxygen atoms in total. The zero-order valence-electron chi connectivity index (χ0n) is 10.9. The van der Waals surface area contributed by atoms with E-state index in [1.54, 1.807) is 6.08 Å². The number of rotatable bonds is 5. The van der Waals surface area contributed by atoms with E-state index in [0.717, 1.165) is 13.0 Å². The van der Waals surface area contributed by atoms with Crippen molar-refractivity contribution >= 4 is 0 Å². The summed E-state index contributed by atoms with van der Waals surface area (Å²) in [6, 6.07) is 0.928. The van der Waals surface area contributed by atoms with Crippen LogP contribution in [0.5, 0.6) is 0 Å². The molecular formula is C13H24N2O. The summed E-state index contributed by atoms with van der Waals surface area (Å²) in [5.74, 6) is 0. The molecule has 0 aromatic carbocycles. The van der Waals surface area contributed by atoms with Gasteiger partial charge in [-0.3, -0.25) is 9.74 Å². The van der Waals surface area contributed by atoms with E-state index >= 15 is 0 Å². The summed E-state index contributed by atoms with van der Waals surface area (Å²) >= 11 is 0. The summed E-state index contributed by atoms with van der Waals surface area (Å²) in [6.45, 7) is 9.67. The van der Waals surface area contributed by atoms with Crippen molar-refractivity contribution in [2.24, 2.45) is 0 Å². The Hall–Kier alpha value is -0.640. The quantitative estimate of drug-likeness (QED) is 0.525. The minimum atomic E-state index is 0.354. The second kappa shape index (κ2) is 6.18. The van der Waals surface area contributed by atoms with Gasteiger partial charge in [-0.2, -0.15) is 5.06 Å². The van der Waals surface area contributed by atoms with Crippen LogP contribution in [0.4, 0.5) is 0 Å². The van der Waals surface area contributed by atoms with Gasteiger partial charge in [-0.1, -0.05) is 24.6 Å². The van der Waals surface area contributed by atoms with E-state index in [2.05, 4.69) is 38.5 Å². The molecule has 0 bridgehead atoms. The van der Waals surface area contributed by atoms with Gasteiger partial charge in [0.05, 0.1) is 12.6 Å². The van der Waals surface area contributed by atoms with Crippen LogP contribution in [0.3, 0.4) is 0 Å². The molecule has 3 heteroatoms. The van der Waals surface area contributed by atoms with E-state index < -0.39 is 0 Å². The molecule has 0 unspecified atom stereocenters. The molecule has 0 radical (unpaired) electrons. The molecule has 0 N–H and O–H groups in total.